The Morgan fingerprint density at radius 2 is 1.22 bits per heavy atom. The van der Waals surface area contributed by atoms with Gasteiger partial charge in [-0.25, -0.2) is 4.57 Å². The van der Waals surface area contributed by atoms with Crippen LogP contribution in [0.1, 0.15) is 142 Å². The Morgan fingerprint density at radius 1 is 0.633 bits per heavy atom. The molecule has 0 bridgehead atoms. The second-order valence-corrected chi connectivity index (χ2v) is 15.9. The smallest absolute Gasteiger partial charge is 0.472 e. The summed E-state index contributed by atoms with van der Waals surface area (Å²) in [5.74, 6) is -2.61. The van der Waals surface area contributed by atoms with Crippen molar-refractivity contribution in [1.82, 2.24) is 0 Å². The average Bonchev–Trinajstić information content (AvgIpc) is 3.21. The third-order valence-corrected chi connectivity index (χ3v) is 9.75. The van der Waals surface area contributed by atoms with E-state index in [0.29, 0.717) is 32.1 Å². The summed E-state index contributed by atoms with van der Waals surface area (Å²) < 4.78 is 32.5. The molecule has 13 nitrogen and oxygen atoms in total. The molecule has 0 aliphatic heterocycles. The number of aliphatic carboxylic acids is 1. The molecule has 0 aromatic rings. The molecule has 0 heterocycles. The van der Waals surface area contributed by atoms with Crippen molar-refractivity contribution in [1.29, 1.82) is 0 Å². The Balaban J connectivity index is 4.64. The first-order valence-electron chi connectivity index (χ1n) is 21.8. The average molecular weight is 866 g/mol. The summed E-state index contributed by atoms with van der Waals surface area (Å²) in [6.45, 7) is 2.38. The van der Waals surface area contributed by atoms with Crippen molar-refractivity contribution in [2.75, 3.05) is 19.8 Å². The van der Waals surface area contributed by atoms with Gasteiger partial charge >= 0.3 is 25.7 Å². The van der Waals surface area contributed by atoms with Crippen LogP contribution in [0, 0.1) is 0 Å². The van der Waals surface area contributed by atoms with E-state index in [4.69, 9.17) is 24.8 Å². The van der Waals surface area contributed by atoms with Gasteiger partial charge in [0.15, 0.2) is 6.10 Å². The summed E-state index contributed by atoms with van der Waals surface area (Å²) >= 11 is 0. The molecule has 342 valence electrons. The lowest BCUT2D eigenvalue weighted by molar-refractivity contribution is -0.161. The highest BCUT2D eigenvalue weighted by Crippen LogP contribution is 2.43. The molecule has 0 fully saturated rings. The summed E-state index contributed by atoms with van der Waals surface area (Å²) in [5.41, 5.74) is 5.32. The van der Waals surface area contributed by atoms with Gasteiger partial charge in [0.25, 0.3) is 0 Å². The molecule has 0 aromatic carbocycles. The zero-order chi connectivity index (χ0) is 44.5. The maximum absolute atomic E-state index is 12.6. The number of rotatable bonds is 39. The fourth-order valence-corrected chi connectivity index (χ4v) is 6.11. The van der Waals surface area contributed by atoms with Gasteiger partial charge in [0.1, 0.15) is 12.6 Å². The number of carboxylic acid groups (broad SMARTS) is 1. The van der Waals surface area contributed by atoms with E-state index in [9.17, 15) is 34.1 Å². The molecule has 0 spiro atoms. The Labute approximate surface area is 359 Å². The quantitative estimate of drug-likeness (QED) is 0.0128. The molecule has 0 saturated heterocycles. The number of ether oxygens (including phenoxy) is 2. The van der Waals surface area contributed by atoms with Gasteiger partial charge in [-0.15, -0.1) is 0 Å². The monoisotopic (exact) mass is 866 g/mol. The lowest BCUT2D eigenvalue weighted by Gasteiger charge is -2.20. The fraction of sp³-hybridized carbons (Fsp3) is 0.630. The normalized spacial score (nSPS) is 15.6. The van der Waals surface area contributed by atoms with Crippen LogP contribution in [0.4, 0.5) is 0 Å². The lowest BCUT2D eigenvalue weighted by Crippen LogP contribution is -2.34. The van der Waals surface area contributed by atoms with Gasteiger partial charge in [0.05, 0.1) is 25.4 Å². The molecular formula is C46H76NO12P. The number of hydrogen-bond acceptors (Lipinski definition) is 11. The van der Waals surface area contributed by atoms with Crippen LogP contribution in [-0.4, -0.2) is 82.3 Å². The highest BCUT2D eigenvalue weighted by atomic mass is 31.2. The number of carbonyl (C=O) groups excluding carboxylic acids is 2. The first-order chi connectivity index (χ1) is 28.9. The van der Waals surface area contributed by atoms with Crippen LogP contribution in [0.3, 0.4) is 0 Å². The van der Waals surface area contributed by atoms with Crippen LogP contribution in [0.25, 0.3) is 0 Å². The number of phosphoric ester groups is 1. The summed E-state index contributed by atoms with van der Waals surface area (Å²) in [5, 5.41) is 28.9. The number of unbranched alkanes of at least 4 members (excludes halogenated alkanes) is 12. The number of phosphoric acid groups is 1. The van der Waals surface area contributed by atoms with Gasteiger partial charge in [-0.2, -0.15) is 0 Å². The van der Waals surface area contributed by atoms with E-state index in [1.165, 1.54) is 44.9 Å². The molecule has 1 unspecified atom stereocenters. The van der Waals surface area contributed by atoms with Crippen molar-refractivity contribution in [2.45, 2.75) is 167 Å². The third-order valence-electron chi connectivity index (χ3n) is 8.80. The molecule has 0 aliphatic rings. The summed E-state index contributed by atoms with van der Waals surface area (Å²) in [6.07, 6.45) is 41.5. The van der Waals surface area contributed by atoms with E-state index in [2.05, 4.69) is 23.6 Å². The van der Waals surface area contributed by atoms with Crippen LogP contribution in [0.15, 0.2) is 85.1 Å². The number of aliphatic hydroxyl groups excluding tert-OH is 2. The summed E-state index contributed by atoms with van der Waals surface area (Å²) in [6, 6.07) is -1.56. The Kier molecular flexibility index (Phi) is 37.4. The number of hydrogen-bond donors (Lipinski definition) is 5. The number of aliphatic hydroxyl groups is 2. The van der Waals surface area contributed by atoms with Crippen molar-refractivity contribution in [2.24, 2.45) is 5.73 Å². The van der Waals surface area contributed by atoms with E-state index >= 15 is 0 Å². The number of carbonyl (C=O) groups is 3. The Morgan fingerprint density at radius 3 is 1.87 bits per heavy atom. The van der Waals surface area contributed by atoms with Crippen molar-refractivity contribution in [3.05, 3.63) is 85.1 Å². The van der Waals surface area contributed by atoms with E-state index < -0.39 is 69.9 Å². The van der Waals surface area contributed by atoms with Crippen LogP contribution in [0.5, 0.6) is 0 Å². The van der Waals surface area contributed by atoms with Crippen molar-refractivity contribution in [3.8, 4) is 0 Å². The molecule has 0 radical (unpaired) electrons. The summed E-state index contributed by atoms with van der Waals surface area (Å²) in [4.78, 5) is 46.0. The maximum Gasteiger partial charge on any atom is 0.472 e. The minimum absolute atomic E-state index is 0.0302. The predicted molar refractivity (Wildman–Crippen MR) is 238 cm³/mol. The number of nitrogens with two attached hydrogens (primary N) is 1. The molecule has 60 heavy (non-hydrogen) atoms. The first-order valence-corrected chi connectivity index (χ1v) is 23.3. The number of esters is 2. The highest BCUT2D eigenvalue weighted by molar-refractivity contribution is 7.47. The van der Waals surface area contributed by atoms with Crippen LogP contribution < -0.4 is 5.73 Å². The second-order valence-electron chi connectivity index (χ2n) is 14.5. The largest absolute Gasteiger partial charge is 0.480 e. The highest BCUT2D eigenvalue weighted by Gasteiger charge is 2.28. The molecule has 0 amide bonds. The fourth-order valence-electron chi connectivity index (χ4n) is 5.33. The van der Waals surface area contributed by atoms with Crippen molar-refractivity contribution < 1.29 is 57.7 Å². The van der Waals surface area contributed by atoms with E-state index in [1.54, 1.807) is 30.4 Å². The minimum atomic E-state index is -4.78. The standard InChI is InChI=1S/C46H76NO12P/c1-3-5-7-8-9-10-11-12-13-14-15-16-20-23-29-35-44(50)56-37-42(38-57-60(54,55)58-39-43(47)46(52)53)59-45(51)36-30-24-28-34-41(49)33-27-22-19-17-18-21-26-32-40(48)31-25-6-4-2/h6,10-11,18-19,21-22,25-28,32-34,40-43,48-49H,3-5,7-9,12-17,20,23-24,29-31,35-39,47H2,1-2H3,(H,52,53)(H,54,55)/b11-10-,21-18-,22-19-,25-6-,32-26+,33-27+,34-28-/t40-,41-,42+,43-/m0/s1. The van der Waals surface area contributed by atoms with Gasteiger partial charge in [-0.05, 0) is 64.2 Å². The maximum atomic E-state index is 12.6. The van der Waals surface area contributed by atoms with Crippen molar-refractivity contribution >= 4 is 25.7 Å². The predicted octanol–water partition coefficient (Wildman–Crippen LogP) is 9.44. The lowest BCUT2D eigenvalue weighted by atomic mass is 10.1. The topological polar surface area (TPSA) is 212 Å². The summed E-state index contributed by atoms with van der Waals surface area (Å²) in [7, 11) is -4.78. The molecule has 0 saturated carbocycles. The third kappa shape index (κ3) is 38.8. The zero-order valence-corrected chi connectivity index (χ0v) is 37.1. The molecule has 0 aliphatic carbocycles. The minimum Gasteiger partial charge on any atom is -0.480 e. The number of allylic oxidation sites excluding steroid dienone is 10. The molecule has 5 atom stereocenters. The van der Waals surface area contributed by atoms with E-state index in [1.807, 2.05) is 49.5 Å². The molecule has 0 rings (SSSR count). The van der Waals surface area contributed by atoms with Crippen molar-refractivity contribution in [3.63, 3.8) is 0 Å². The van der Waals surface area contributed by atoms with Gasteiger partial charge in [0, 0.05) is 12.8 Å². The van der Waals surface area contributed by atoms with E-state index in [-0.39, 0.29) is 12.8 Å². The SMILES string of the molecule is CC/C=C\C[C@H](O)/C=C/C=C\C/C=C\C=C\[C@H](O)/C=C\CCCC(=O)O[C@H](COC(=O)CCCCCCCCC/C=C\CCCCCC)COP(=O)(O)OC[C@H](N)C(=O)O. The van der Waals surface area contributed by atoms with E-state index in [0.717, 1.165) is 38.5 Å². The van der Waals surface area contributed by atoms with Crippen LogP contribution >= 0.6 is 7.82 Å². The van der Waals surface area contributed by atoms with Gasteiger partial charge in [0.2, 0.25) is 0 Å². The van der Waals surface area contributed by atoms with Gasteiger partial charge in [-0.1, -0.05) is 150 Å². The van der Waals surface area contributed by atoms with Gasteiger partial charge in [-0.3, -0.25) is 23.4 Å². The van der Waals surface area contributed by atoms with Gasteiger partial charge < -0.3 is 35.4 Å². The Hall–Kier alpha value is -3.42. The Bertz CT molecular complexity index is 1370. The molecular weight excluding hydrogens is 789 g/mol. The number of carboxylic acids is 1. The molecule has 6 N–H and O–H groups in total. The zero-order valence-electron chi connectivity index (χ0n) is 36.2. The molecule has 0 aromatic heterocycles. The second kappa shape index (κ2) is 39.7. The van der Waals surface area contributed by atoms with Crippen LogP contribution in [-0.2, 0) is 37.5 Å². The first kappa shape index (κ1) is 56.6. The molecule has 14 heteroatoms. The van der Waals surface area contributed by atoms with Crippen LogP contribution in [0.2, 0.25) is 0 Å².